The molecule has 0 amide bonds. The highest BCUT2D eigenvalue weighted by Gasteiger charge is 2.13. The van der Waals surface area contributed by atoms with Gasteiger partial charge in [0.1, 0.15) is 5.75 Å². The first-order valence-corrected chi connectivity index (χ1v) is 10.6. The molecule has 1 aliphatic heterocycles. The molecule has 6 nitrogen and oxygen atoms in total. The number of nitrogens with zero attached hydrogens (tertiary/aromatic N) is 1. The Hall–Kier alpha value is -1.50. The number of rotatable bonds is 11. The van der Waals surface area contributed by atoms with Crippen LogP contribution in [0.25, 0.3) is 0 Å². The molecule has 1 aromatic rings. The van der Waals surface area contributed by atoms with Gasteiger partial charge in [-0.3, -0.25) is 4.99 Å². The zero-order valence-corrected chi connectivity index (χ0v) is 17.9. The molecular weight excluding hydrogens is 378 g/mol. The summed E-state index contributed by atoms with van der Waals surface area (Å²) in [5.41, 5.74) is 1.05. The van der Waals surface area contributed by atoms with E-state index in [0.717, 1.165) is 87.5 Å². The highest BCUT2D eigenvalue weighted by Crippen LogP contribution is 2.21. The molecule has 2 N–H and O–H groups in total. The molecule has 158 valence electrons. The SMILES string of the molecule is CN=C(NCCCOCC1CCOCC1)NCCCOc1ccc(Cl)cc1C. The lowest BCUT2D eigenvalue weighted by Gasteiger charge is -2.21. The van der Waals surface area contributed by atoms with Crippen molar-refractivity contribution in [2.45, 2.75) is 32.6 Å². The van der Waals surface area contributed by atoms with Crippen LogP contribution >= 0.6 is 11.6 Å². The van der Waals surface area contributed by atoms with E-state index in [-0.39, 0.29) is 0 Å². The van der Waals surface area contributed by atoms with Crippen molar-refractivity contribution in [2.24, 2.45) is 10.9 Å². The van der Waals surface area contributed by atoms with Gasteiger partial charge in [-0.15, -0.1) is 0 Å². The Morgan fingerprint density at radius 3 is 2.57 bits per heavy atom. The molecule has 2 rings (SSSR count). The van der Waals surface area contributed by atoms with Crippen molar-refractivity contribution in [1.82, 2.24) is 10.6 Å². The van der Waals surface area contributed by atoms with Crippen LogP contribution in [0.5, 0.6) is 5.75 Å². The van der Waals surface area contributed by atoms with Gasteiger partial charge in [0.05, 0.1) is 6.61 Å². The molecule has 1 aromatic carbocycles. The molecule has 0 aromatic heterocycles. The van der Waals surface area contributed by atoms with Crippen LogP contribution < -0.4 is 15.4 Å². The van der Waals surface area contributed by atoms with E-state index in [0.29, 0.717) is 12.5 Å². The van der Waals surface area contributed by atoms with E-state index in [1.807, 2.05) is 25.1 Å². The van der Waals surface area contributed by atoms with E-state index >= 15 is 0 Å². The van der Waals surface area contributed by atoms with Crippen LogP contribution in [0.15, 0.2) is 23.2 Å². The topological polar surface area (TPSA) is 64.1 Å². The predicted octanol–water partition coefficient (Wildman–Crippen LogP) is 3.42. The number of aryl methyl sites for hydroxylation is 1. The summed E-state index contributed by atoms with van der Waals surface area (Å²) in [5.74, 6) is 2.36. The third-order valence-electron chi connectivity index (χ3n) is 4.68. The molecule has 1 fully saturated rings. The van der Waals surface area contributed by atoms with E-state index < -0.39 is 0 Å². The number of halogens is 1. The highest BCUT2D eigenvalue weighted by molar-refractivity contribution is 6.30. The van der Waals surface area contributed by atoms with Gasteiger partial charge >= 0.3 is 0 Å². The summed E-state index contributed by atoms with van der Waals surface area (Å²) in [4.78, 5) is 4.24. The molecule has 1 saturated heterocycles. The predicted molar refractivity (Wildman–Crippen MR) is 115 cm³/mol. The zero-order chi connectivity index (χ0) is 20.0. The summed E-state index contributed by atoms with van der Waals surface area (Å²) in [6.07, 6.45) is 4.09. The van der Waals surface area contributed by atoms with E-state index in [1.165, 1.54) is 0 Å². The van der Waals surface area contributed by atoms with Crippen LogP contribution in [0.2, 0.25) is 5.02 Å². The molecule has 0 atom stereocenters. The van der Waals surface area contributed by atoms with Gasteiger partial charge in [-0.1, -0.05) is 11.6 Å². The molecule has 1 heterocycles. The van der Waals surface area contributed by atoms with Crippen LogP contribution in [0.1, 0.15) is 31.2 Å². The van der Waals surface area contributed by atoms with Crippen molar-refractivity contribution in [2.75, 3.05) is 53.2 Å². The van der Waals surface area contributed by atoms with Crippen molar-refractivity contribution in [3.63, 3.8) is 0 Å². The lowest BCUT2D eigenvalue weighted by atomic mass is 10.0. The second kappa shape index (κ2) is 13.6. The maximum Gasteiger partial charge on any atom is 0.190 e. The molecule has 0 saturated carbocycles. The Labute approximate surface area is 174 Å². The van der Waals surface area contributed by atoms with Crippen LogP contribution in [-0.4, -0.2) is 59.1 Å². The standard InChI is InChI=1S/C21H34ClN3O3/c1-17-15-19(22)5-6-20(17)28-12-4-10-25-21(23-2)24-9-3-11-27-16-18-7-13-26-14-8-18/h5-6,15,18H,3-4,7-14,16H2,1-2H3,(H2,23,24,25). The molecule has 1 aliphatic rings. The number of hydrogen-bond acceptors (Lipinski definition) is 4. The number of nitrogens with one attached hydrogen (secondary N) is 2. The van der Waals surface area contributed by atoms with Crippen molar-refractivity contribution in [3.05, 3.63) is 28.8 Å². The fourth-order valence-electron chi connectivity index (χ4n) is 3.00. The van der Waals surface area contributed by atoms with Crippen molar-refractivity contribution in [1.29, 1.82) is 0 Å². The number of aliphatic imine (C=N–C) groups is 1. The fourth-order valence-corrected chi connectivity index (χ4v) is 3.23. The molecule has 28 heavy (non-hydrogen) atoms. The maximum atomic E-state index is 5.96. The molecule has 0 aliphatic carbocycles. The van der Waals surface area contributed by atoms with Gasteiger partial charge in [0.25, 0.3) is 0 Å². The number of benzene rings is 1. The lowest BCUT2D eigenvalue weighted by Crippen LogP contribution is -2.38. The number of ether oxygens (including phenoxy) is 3. The molecule has 0 bridgehead atoms. The van der Waals surface area contributed by atoms with Crippen LogP contribution in [0, 0.1) is 12.8 Å². The third-order valence-corrected chi connectivity index (χ3v) is 4.92. The average molecular weight is 412 g/mol. The number of hydrogen-bond donors (Lipinski definition) is 2. The largest absolute Gasteiger partial charge is 0.493 e. The first-order chi connectivity index (χ1) is 13.7. The van der Waals surface area contributed by atoms with Crippen molar-refractivity contribution < 1.29 is 14.2 Å². The van der Waals surface area contributed by atoms with Crippen molar-refractivity contribution in [3.8, 4) is 5.75 Å². The summed E-state index contributed by atoms with van der Waals surface area (Å²) in [6.45, 7) is 7.66. The minimum atomic E-state index is 0.645. The fraction of sp³-hybridized carbons (Fsp3) is 0.667. The monoisotopic (exact) mass is 411 g/mol. The van der Waals surface area contributed by atoms with Crippen LogP contribution in [0.3, 0.4) is 0 Å². The third kappa shape index (κ3) is 9.13. The summed E-state index contributed by atoms with van der Waals surface area (Å²) in [5, 5.41) is 7.35. The van der Waals surface area contributed by atoms with Gasteiger partial charge in [0, 0.05) is 51.6 Å². The Balaban J connectivity index is 1.47. The van der Waals surface area contributed by atoms with Crippen LogP contribution in [0.4, 0.5) is 0 Å². The second-order valence-electron chi connectivity index (χ2n) is 7.02. The van der Waals surface area contributed by atoms with Gasteiger partial charge in [-0.25, -0.2) is 0 Å². The summed E-state index contributed by atoms with van der Waals surface area (Å²) in [6, 6.07) is 5.67. The van der Waals surface area contributed by atoms with E-state index in [1.54, 1.807) is 7.05 Å². The Morgan fingerprint density at radius 2 is 1.89 bits per heavy atom. The van der Waals surface area contributed by atoms with E-state index in [9.17, 15) is 0 Å². The Morgan fingerprint density at radius 1 is 1.18 bits per heavy atom. The smallest absolute Gasteiger partial charge is 0.190 e. The summed E-state index contributed by atoms with van der Waals surface area (Å²) in [7, 11) is 1.78. The van der Waals surface area contributed by atoms with Crippen LogP contribution in [-0.2, 0) is 9.47 Å². The highest BCUT2D eigenvalue weighted by atomic mass is 35.5. The molecular formula is C21H34ClN3O3. The van der Waals surface area contributed by atoms with Gasteiger partial charge in [-0.05, 0) is 62.3 Å². The molecule has 7 heteroatoms. The Bertz CT molecular complexity index is 592. The average Bonchev–Trinajstić information content (AvgIpc) is 2.71. The summed E-state index contributed by atoms with van der Waals surface area (Å²) < 4.78 is 16.9. The minimum absolute atomic E-state index is 0.645. The van der Waals surface area contributed by atoms with E-state index in [4.69, 9.17) is 25.8 Å². The maximum absolute atomic E-state index is 5.96. The number of guanidine groups is 1. The van der Waals surface area contributed by atoms with Crippen molar-refractivity contribution >= 4 is 17.6 Å². The quantitative estimate of drug-likeness (QED) is 0.332. The van der Waals surface area contributed by atoms with Gasteiger partial charge in [-0.2, -0.15) is 0 Å². The minimum Gasteiger partial charge on any atom is -0.493 e. The molecule has 0 spiro atoms. The molecule has 0 unspecified atom stereocenters. The second-order valence-corrected chi connectivity index (χ2v) is 7.46. The van der Waals surface area contributed by atoms with Gasteiger partial charge < -0.3 is 24.8 Å². The lowest BCUT2D eigenvalue weighted by molar-refractivity contribution is 0.0203. The van der Waals surface area contributed by atoms with Gasteiger partial charge in [0.15, 0.2) is 5.96 Å². The molecule has 0 radical (unpaired) electrons. The Kier molecular flexibility index (Phi) is 11.1. The first-order valence-electron chi connectivity index (χ1n) is 10.2. The normalized spacial score (nSPS) is 15.5. The van der Waals surface area contributed by atoms with E-state index in [2.05, 4.69) is 15.6 Å². The zero-order valence-electron chi connectivity index (χ0n) is 17.1. The summed E-state index contributed by atoms with van der Waals surface area (Å²) >= 11 is 5.96. The van der Waals surface area contributed by atoms with Gasteiger partial charge in [0.2, 0.25) is 0 Å². The first kappa shape index (κ1) is 22.8.